The van der Waals surface area contributed by atoms with Crippen molar-refractivity contribution < 1.29 is 42.8 Å². The maximum atomic E-state index is 13.6. The highest BCUT2D eigenvalue weighted by Gasteiger charge is 2.37. The van der Waals surface area contributed by atoms with Gasteiger partial charge in [0, 0.05) is 24.3 Å². The number of ether oxygens (including phenoxy) is 6. The quantitative estimate of drug-likeness (QED) is 0.344. The SMILES string of the molecule is COc1cc(C2CC(=O)Oc3cc4c(c(OC)c32)C(=O)O[C@@H](C)CCCC(=O)CCCC=C4)cc(OC)c1OC. The summed E-state index contributed by atoms with van der Waals surface area (Å²) in [5.41, 5.74) is 2.02. The molecule has 0 aliphatic carbocycles. The van der Waals surface area contributed by atoms with Crippen molar-refractivity contribution in [3.05, 3.63) is 46.5 Å². The number of fused-ring (bicyclic) bond motifs is 2. The topological polar surface area (TPSA) is 107 Å². The molecular weight excluding hydrogens is 516 g/mol. The Bertz CT molecular complexity index is 1290. The van der Waals surface area contributed by atoms with Crippen LogP contribution >= 0.6 is 0 Å². The molecule has 0 amide bonds. The lowest BCUT2D eigenvalue weighted by atomic mass is 9.83. The summed E-state index contributed by atoms with van der Waals surface area (Å²) >= 11 is 0. The minimum absolute atomic E-state index is 0.0100. The largest absolute Gasteiger partial charge is 0.495 e. The summed E-state index contributed by atoms with van der Waals surface area (Å²) in [6.45, 7) is 1.81. The number of esters is 2. The van der Waals surface area contributed by atoms with E-state index >= 15 is 0 Å². The highest BCUT2D eigenvalue weighted by molar-refractivity contribution is 5.99. The van der Waals surface area contributed by atoms with Crippen LogP contribution in [0.3, 0.4) is 0 Å². The fraction of sp³-hybridized carbons (Fsp3) is 0.452. The van der Waals surface area contributed by atoms with Crippen molar-refractivity contribution >= 4 is 23.8 Å². The van der Waals surface area contributed by atoms with Crippen molar-refractivity contribution in [2.24, 2.45) is 0 Å². The van der Waals surface area contributed by atoms with E-state index in [0.29, 0.717) is 78.2 Å². The minimum atomic E-state index is -0.546. The molecule has 2 aliphatic rings. The second kappa shape index (κ2) is 12.9. The monoisotopic (exact) mass is 552 g/mol. The smallest absolute Gasteiger partial charge is 0.342 e. The third-order valence-corrected chi connectivity index (χ3v) is 7.25. The van der Waals surface area contributed by atoms with Crippen LogP contribution in [0.4, 0.5) is 0 Å². The third kappa shape index (κ3) is 6.08. The molecule has 9 nitrogen and oxygen atoms in total. The number of Topliss-reactive ketones (excluding diaryl/α,β-unsaturated/α-hetero) is 1. The van der Waals surface area contributed by atoms with Crippen LogP contribution in [0.25, 0.3) is 6.08 Å². The van der Waals surface area contributed by atoms with Crippen LogP contribution in [-0.2, 0) is 14.3 Å². The fourth-order valence-corrected chi connectivity index (χ4v) is 5.30. The van der Waals surface area contributed by atoms with Crippen molar-refractivity contribution in [2.75, 3.05) is 28.4 Å². The second-order valence-corrected chi connectivity index (χ2v) is 9.92. The second-order valence-electron chi connectivity index (χ2n) is 9.92. The molecule has 4 rings (SSSR count). The highest BCUT2D eigenvalue weighted by atomic mass is 16.6. The van der Waals surface area contributed by atoms with Crippen LogP contribution in [0.1, 0.15) is 84.8 Å². The van der Waals surface area contributed by atoms with E-state index in [2.05, 4.69) is 0 Å². The lowest BCUT2D eigenvalue weighted by Crippen LogP contribution is -2.24. The van der Waals surface area contributed by atoms with Gasteiger partial charge in [0.15, 0.2) is 11.5 Å². The van der Waals surface area contributed by atoms with Crippen LogP contribution in [0.2, 0.25) is 0 Å². The summed E-state index contributed by atoms with van der Waals surface area (Å²) in [4.78, 5) is 38.6. The molecule has 40 heavy (non-hydrogen) atoms. The van der Waals surface area contributed by atoms with Gasteiger partial charge in [-0.05, 0) is 61.9 Å². The lowest BCUT2D eigenvalue weighted by Gasteiger charge is -2.29. The van der Waals surface area contributed by atoms with E-state index in [1.165, 1.54) is 28.4 Å². The first-order valence-corrected chi connectivity index (χ1v) is 13.5. The van der Waals surface area contributed by atoms with E-state index in [0.717, 1.165) is 0 Å². The van der Waals surface area contributed by atoms with Gasteiger partial charge in [0.05, 0.1) is 41.0 Å². The zero-order valence-electron chi connectivity index (χ0n) is 23.7. The number of carbonyl (C=O) groups excluding carboxylic acids is 3. The molecule has 0 bridgehead atoms. The van der Waals surface area contributed by atoms with Gasteiger partial charge in [0.2, 0.25) is 5.75 Å². The van der Waals surface area contributed by atoms with Crippen LogP contribution in [0, 0.1) is 0 Å². The van der Waals surface area contributed by atoms with E-state index in [1.807, 2.05) is 13.0 Å². The zero-order valence-corrected chi connectivity index (χ0v) is 23.7. The lowest BCUT2D eigenvalue weighted by molar-refractivity contribution is -0.135. The predicted octanol–water partition coefficient (Wildman–Crippen LogP) is 5.64. The molecule has 1 unspecified atom stereocenters. The first kappa shape index (κ1) is 29.0. The van der Waals surface area contributed by atoms with Crippen molar-refractivity contribution in [3.8, 4) is 28.7 Å². The Hall–Kier alpha value is -4.01. The average molecular weight is 553 g/mol. The summed E-state index contributed by atoms with van der Waals surface area (Å²) < 4.78 is 34.0. The average Bonchev–Trinajstić information content (AvgIpc) is 2.94. The predicted molar refractivity (Wildman–Crippen MR) is 148 cm³/mol. The van der Waals surface area contributed by atoms with Crippen LogP contribution < -0.4 is 23.7 Å². The van der Waals surface area contributed by atoms with Gasteiger partial charge in [-0.25, -0.2) is 4.79 Å². The number of benzene rings is 2. The third-order valence-electron chi connectivity index (χ3n) is 7.25. The Balaban J connectivity index is 1.90. The Morgan fingerprint density at radius 1 is 0.850 bits per heavy atom. The van der Waals surface area contributed by atoms with Crippen LogP contribution in [0.5, 0.6) is 28.7 Å². The highest BCUT2D eigenvalue weighted by Crippen LogP contribution is 2.50. The molecule has 2 atom stereocenters. The molecule has 0 saturated carbocycles. The molecule has 2 aliphatic heterocycles. The van der Waals surface area contributed by atoms with E-state index in [9.17, 15) is 14.4 Å². The molecule has 0 spiro atoms. The van der Waals surface area contributed by atoms with Gasteiger partial charge in [-0.15, -0.1) is 0 Å². The van der Waals surface area contributed by atoms with Gasteiger partial charge in [0.25, 0.3) is 0 Å². The first-order chi connectivity index (χ1) is 19.3. The van der Waals surface area contributed by atoms with Gasteiger partial charge < -0.3 is 28.4 Å². The number of carbonyl (C=O) groups is 3. The Morgan fingerprint density at radius 3 is 2.17 bits per heavy atom. The van der Waals surface area contributed by atoms with Gasteiger partial charge in [-0.2, -0.15) is 0 Å². The van der Waals surface area contributed by atoms with Crippen molar-refractivity contribution in [2.45, 2.75) is 63.9 Å². The fourth-order valence-electron chi connectivity index (χ4n) is 5.30. The minimum Gasteiger partial charge on any atom is -0.495 e. The molecular formula is C31H36O9. The summed E-state index contributed by atoms with van der Waals surface area (Å²) in [6, 6.07) is 5.23. The van der Waals surface area contributed by atoms with Crippen molar-refractivity contribution in [1.82, 2.24) is 0 Å². The van der Waals surface area contributed by atoms with Gasteiger partial charge in [-0.1, -0.05) is 12.2 Å². The maximum absolute atomic E-state index is 13.6. The number of allylic oxidation sites excluding steroid dienone is 1. The Morgan fingerprint density at radius 2 is 1.52 bits per heavy atom. The Kier molecular flexibility index (Phi) is 9.34. The molecule has 0 saturated heterocycles. The zero-order chi connectivity index (χ0) is 28.8. The molecule has 2 aromatic carbocycles. The molecule has 214 valence electrons. The van der Waals surface area contributed by atoms with Crippen molar-refractivity contribution in [1.29, 1.82) is 0 Å². The Labute approximate surface area is 234 Å². The summed E-state index contributed by atoms with van der Waals surface area (Å²) in [7, 11) is 6.04. The number of methoxy groups -OCH3 is 4. The summed E-state index contributed by atoms with van der Waals surface area (Å²) in [5, 5.41) is 0. The van der Waals surface area contributed by atoms with E-state index in [1.54, 1.807) is 24.3 Å². The standard InChI is InChI=1S/C31H36O9/c1-18-10-9-13-21(32)12-8-6-7-11-19-14-23-28(30(38-5)27(19)31(34)39-18)22(17-26(33)40-23)20-15-24(35-2)29(37-4)25(16-20)36-3/h7,11,14-16,18,22H,6,8-10,12-13,17H2,1-5H3/t18-,22?/m0/s1. The van der Waals surface area contributed by atoms with E-state index in [-0.39, 0.29) is 23.5 Å². The van der Waals surface area contributed by atoms with Crippen LogP contribution in [-0.4, -0.2) is 52.3 Å². The molecule has 0 N–H and O–H groups in total. The molecule has 0 aromatic heterocycles. The molecule has 9 heteroatoms. The number of hydrogen-bond acceptors (Lipinski definition) is 9. The number of rotatable bonds is 5. The van der Waals surface area contributed by atoms with Gasteiger partial charge in [0.1, 0.15) is 22.8 Å². The molecule has 2 heterocycles. The first-order valence-electron chi connectivity index (χ1n) is 13.5. The number of cyclic esters (lactones) is 1. The molecule has 2 aromatic rings. The normalized spacial score (nSPS) is 19.9. The van der Waals surface area contributed by atoms with E-state index < -0.39 is 24.0 Å². The number of hydrogen-bond donors (Lipinski definition) is 0. The molecule has 0 radical (unpaired) electrons. The van der Waals surface area contributed by atoms with E-state index in [4.69, 9.17) is 28.4 Å². The summed E-state index contributed by atoms with van der Waals surface area (Å²) in [5.74, 6) is 0.587. The number of ketones is 1. The molecule has 0 fully saturated rings. The van der Waals surface area contributed by atoms with Crippen LogP contribution in [0.15, 0.2) is 24.3 Å². The van der Waals surface area contributed by atoms with Gasteiger partial charge in [-0.3, -0.25) is 9.59 Å². The van der Waals surface area contributed by atoms with Crippen molar-refractivity contribution in [3.63, 3.8) is 0 Å². The maximum Gasteiger partial charge on any atom is 0.342 e. The summed E-state index contributed by atoms with van der Waals surface area (Å²) in [6.07, 6.45) is 6.87. The van der Waals surface area contributed by atoms with Gasteiger partial charge >= 0.3 is 11.9 Å².